The fourth-order valence-electron chi connectivity index (χ4n) is 1.95. The Bertz CT molecular complexity index is 513. The number of thiophene rings is 1. The molecule has 0 aromatic carbocycles. The molecule has 1 aliphatic heterocycles. The van der Waals surface area contributed by atoms with Crippen LogP contribution in [0.5, 0.6) is 0 Å². The zero-order chi connectivity index (χ0) is 13.0. The Morgan fingerprint density at radius 2 is 2.56 bits per heavy atom. The number of carbonyl (C=O) groups excluding carboxylic acids is 1. The van der Waals surface area contributed by atoms with E-state index in [0.29, 0.717) is 13.1 Å². The van der Waals surface area contributed by atoms with Crippen molar-refractivity contribution in [1.82, 2.24) is 10.2 Å². The topological polar surface area (TPSA) is 56.1 Å². The number of amides is 1. The van der Waals surface area contributed by atoms with Crippen molar-refractivity contribution in [2.45, 2.75) is 13.0 Å². The van der Waals surface area contributed by atoms with Gasteiger partial charge in [-0.15, -0.1) is 11.3 Å². The molecule has 94 valence electrons. The lowest BCUT2D eigenvalue weighted by atomic mass is 10.1. The van der Waals surface area contributed by atoms with Crippen LogP contribution >= 0.6 is 11.3 Å². The van der Waals surface area contributed by atoms with Gasteiger partial charge in [-0.2, -0.15) is 5.26 Å². The standard InChI is InChI=1S/C13H15N3OS/c1-15-5-2-3-13(17)16-6-4-10-7-11(8-14)18-12(10)9-16/h2-3,7,15H,4-6,9H2,1H3/b3-2+. The summed E-state index contributed by atoms with van der Waals surface area (Å²) >= 11 is 1.49. The SMILES string of the molecule is CNC/C=C/C(=O)N1CCc2cc(C#N)sc2C1. The van der Waals surface area contributed by atoms with Gasteiger partial charge in [0.15, 0.2) is 0 Å². The van der Waals surface area contributed by atoms with Gasteiger partial charge in [0.1, 0.15) is 10.9 Å². The maximum atomic E-state index is 11.9. The number of hydrogen-bond acceptors (Lipinski definition) is 4. The van der Waals surface area contributed by atoms with E-state index < -0.39 is 0 Å². The van der Waals surface area contributed by atoms with Gasteiger partial charge in [0.25, 0.3) is 0 Å². The van der Waals surface area contributed by atoms with Crippen LogP contribution in [-0.2, 0) is 17.8 Å². The number of nitrogens with zero attached hydrogens (tertiary/aromatic N) is 2. The van der Waals surface area contributed by atoms with Crippen LogP contribution in [-0.4, -0.2) is 30.9 Å². The van der Waals surface area contributed by atoms with Crippen molar-refractivity contribution in [3.05, 3.63) is 33.5 Å². The van der Waals surface area contributed by atoms with E-state index >= 15 is 0 Å². The lowest BCUT2D eigenvalue weighted by molar-refractivity contribution is -0.126. The van der Waals surface area contributed by atoms with Gasteiger partial charge in [-0.3, -0.25) is 4.79 Å². The molecule has 18 heavy (non-hydrogen) atoms. The molecule has 5 heteroatoms. The number of hydrogen-bond donors (Lipinski definition) is 1. The molecule has 0 saturated carbocycles. The third kappa shape index (κ3) is 2.78. The summed E-state index contributed by atoms with van der Waals surface area (Å²) in [6.07, 6.45) is 4.28. The fourth-order valence-corrected chi connectivity index (χ4v) is 2.97. The van der Waals surface area contributed by atoms with Crippen molar-refractivity contribution >= 4 is 17.2 Å². The minimum atomic E-state index is 0.0443. The van der Waals surface area contributed by atoms with Gasteiger partial charge < -0.3 is 10.2 Å². The molecule has 1 aromatic rings. The predicted molar refractivity (Wildman–Crippen MR) is 71.2 cm³/mol. The van der Waals surface area contributed by atoms with Crippen molar-refractivity contribution < 1.29 is 4.79 Å². The van der Waals surface area contributed by atoms with Crippen molar-refractivity contribution in [3.8, 4) is 6.07 Å². The molecule has 0 saturated heterocycles. The molecule has 0 radical (unpaired) electrons. The van der Waals surface area contributed by atoms with Gasteiger partial charge in [0.2, 0.25) is 5.91 Å². The Hall–Kier alpha value is -1.64. The fraction of sp³-hybridized carbons (Fsp3) is 0.385. The average Bonchev–Trinajstić information content (AvgIpc) is 2.80. The predicted octanol–water partition coefficient (Wildman–Crippen LogP) is 1.28. The van der Waals surface area contributed by atoms with E-state index in [-0.39, 0.29) is 5.91 Å². The summed E-state index contributed by atoms with van der Waals surface area (Å²) in [7, 11) is 1.84. The number of rotatable bonds is 3. The van der Waals surface area contributed by atoms with Crippen molar-refractivity contribution in [2.75, 3.05) is 20.1 Å². The summed E-state index contributed by atoms with van der Waals surface area (Å²) in [5.41, 5.74) is 1.22. The number of likely N-dealkylation sites (N-methyl/N-ethyl adjacent to an activating group) is 1. The van der Waals surface area contributed by atoms with Crippen molar-refractivity contribution in [3.63, 3.8) is 0 Å². The van der Waals surface area contributed by atoms with Crippen LogP contribution in [0.3, 0.4) is 0 Å². The highest BCUT2D eigenvalue weighted by molar-refractivity contribution is 7.12. The molecular weight excluding hydrogens is 246 g/mol. The molecule has 2 heterocycles. The van der Waals surface area contributed by atoms with Gasteiger partial charge >= 0.3 is 0 Å². The molecule has 1 N–H and O–H groups in total. The number of nitrogens with one attached hydrogen (secondary N) is 1. The lowest BCUT2D eigenvalue weighted by Gasteiger charge is -2.25. The third-order valence-electron chi connectivity index (χ3n) is 2.89. The number of fused-ring (bicyclic) bond motifs is 1. The first-order valence-electron chi connectivity index (χ1n) is 5.86. The first kappa shape index (κ1) is 12.8. The summed E-state index contributed by atoms with van der Waals surface area (Å²) in [4.78, 5) is 15.6. The van der Waals surface area contributed by atoms with Crippen LogP contribution in [0.15, 0.2) is 18.2 Å². The molecule has 0 fully saturated rings. The highest BCUT2D eigenvalue weighted by Crippen LogP contribution is 2.27. The van der Waals surface area contributed by atoms with E-state index in [0.717, 1.165) is 22.7 Å². The molecule has 1 aliphatic rings. The molecule has 0 bridgehead atoms. The molecule has 1 amide bonds. The highest BCUT2D eigenvalue weighted by Gasteiger charge is 2.21. The summed E-state index contributed by atoms with van der Waals surface area (Å²) in [5, 5.41) is 11.8. The van der Waals surface area contributed by atoms with Gasteiger partial charge in [-0.1, -0.05) is 6.08 Å². The van der Waals surface area contributed by atoms with Crippen LogP contribution in [0.1, 0.15) is 15.3 Å². The second kappa shape index (κ2) is 5.80. The second-order valence-corrected chi connectivity index (χ2v) is 5.28. The van der Waals surface area contributed by atoms with Gasteiger partial charge in [0, 0.05) is 24.0 Å². The number of nitriles is 1. The largest absolute Gasteiger partial charge is 0.334 e. The molecule has 0 unspecified atom stereocenters. The zero-order valence-corrected chi connectivity index (χ0v) is 11.1. The van der Waals surface area contributed by atoms with E-state index in [1.165, 1.54) is 16.9 Å². The first-order chi connectivity index (χ1) is 8.74. The molecule has 2 rings (SSSR count). The summed E-state index contributed by atoms with van der Waals surface area (Å²) in [6.45, 7) is 2.06. The minimum absolute atomic E-state index is 0.0443. The van der Waals surface area contributed by atoms with E-state index in [9.17, 15) is 4.79 Å². The van der Waals surface area contributed by atoms with Crippen LogP contribution < -0.4 is 5.32 Å². The normalized spacial score (nSPS) is 14.6. The van der Waals surface area contributed by atoms with E-state index in [4.69, 9.17) is 5.26 Å². The Labute approximate surface area is 111 Å². The average molecular weight is 261 g/mol. The number of carbonyl (C=O) groups is 1. The van der Waals surface area contributed by atoms with Gasteiger partial charge in [-0.25, -0.2) is 0 Å². The Morgan fingerprint density at radius 1 is 1.72 bits per heavy atom. The quantitative estimate of drug-likeness (QED) is 0.834. The van der Waals surface area contributed by atoms with Gasteiger partial charge in [-0.05, 0) is 25.1 Å². The van der Waals surface area contributed by atoms with Crippen molar-refractivity contribution in [1.29, 1.82) is 5.26 Å². The highest BCUT2D eigenvalue weighted by atomic mass is 32.1. The first-order valence-corrected chi connectivity index (χ1v) is 6.68. The Morgan fingerprint density at radius 3 is 3.28 bits per heavy atom. The molecule has 0 aliphatic carbocycles. The van der Waals surface area contributed by atoms with E-state index in [1.54, 1.807) is 6.08 Å². The molecule has 0 atom stereocenters. The van der Waals surface area contributed by atoms with E-state index in [2.05, 4.69) is 11.4 Å². The van der Waals surface area contributed by atoms with Crippen LogP contribution in [0.25, 0.3) is 0 Å². The molecular formula is C13H15N3OS. The zero-order valence-electron chi connectivity index (χ0n) is 10.3. The van der Waals surface area contributed by atoms with Crippen LogP contribution in [0.2, 0.25) is 0 Å². The lowest BCUT2D eigenvalue weighted by Crippen LogP contribution is -2.34. The summed E-state index contributed by atoms with van der Waals surface area (Å²) in [6, 6.07) is 4.11. The Kier molecular flexibility index (Phi) is 4.13. The maximum Gasteiger partial charge on any atom is 0.246 e. The summed E-state index contributed by atoms with van der Waals surface area (Å²) in [5.74, 6) is 0.0443. The van der Waals surface area contributed by atoms with Crippen LogP contribution in [0.4, 0.5) is 0 Å². The molecule has 4 nitrogen and oxygen atoms in total. The minimum Gasteiger partial charge on any atom is -0.334 e. The Balaban J connectivity index is 2.03. The summed E-state index contributed by atoms with van der Waals surface area (Å²) < 4.78 is 0. The monoisotopic (exact) mass is 261 g/mol. The van der Waals surface area contributed by atoms with Crippen molar-refractivity contribution in [2.24, 2.45) is 0 Å². The van der Waals surface area contributed by atoms with Crippen LogP contribution in [0, 0.1) is 11.3 Å². The van der Waals surface area contributed by atoms with E-state index in [1.807, 2.05) is 24.1 Å². The second-order valence-electron chi connectivity index (χ2n) is 4.14. The smallest absolute Gasteiger partial charge is 0.246 e. The molecule has 1 aromatic heterocycles. The van der Waals surface area contributed by atoms with Gasteiger partial charge in [0.05, 0.1) is 6.54 Å². The molecule has 0 spiro atoms. The maximum absolute atomic E-state index is 11.9. The third-order valence-corrected chi connectivity index (χ3v) is 3.95.